The number of imidazole rings is 1. The topological polar surface area (TPSA) is 72.3 Å². The van der Waals surface area contributed by atoms with E-state index in [1.165, 1.54) is 5.56 Å². The minimum absolute atomic E-state index is 0.0582. The van der Waals surface area contributed by atoms with Crippen LogP contribution in [0.4, 0.5) is 10.5 Å². The SMILES string of the molecule is COCCn1c(C2CCN(C(=O)Nc3ccc(C)cc3C)C2)nc2cccnc21. The Bertz CT molecular complexity index is 1030. The van der Waals surface area contributed by atoms with Gasteiger partial charge in [0.15, 0.2) is 5.65 Å². The van der Waals surface area contributed by atoms with Crippen molar-refractivity contribution in [3.05, 3.63) is 53.5 Å². The van der Waals surface area contributed by atoms with Crippen LogP contribution in [0.15, 0.2) is 36.5 Å². The molecule has 2 amide bonds. The second-order valence-corrected chi connectivity index (χ2v) is 7.64. The van der Waals surface area contributed by atoms with E-state index in [2.05, 4.69) is 20.9 Å². The van der Waals surface area contributed by atoms with Gasteiger partial charge >= 0.3 is 6.03 Å². The highest BCUT2D eigenvalue weighted by molar-refractivity contribution is 5.90. The van der Waals surface area contributed by atoms with E-state index in [1.54, 1.807) is 13.3 Å². The number of urea groups is 1. The number of amides is 2. The van der Waals surface area contributed by atoms with Crippen LogP contribution < -0.4 is 5.32 Å². The number of rotatable bonds is 5. The molecule has 4 rings (SSSR count). The highest BCUT2D eigenvalue weighted by Crippen LogP contribution is 2.29. The van der Waals surface area contributed by atoms with E-state index in [0.717, 1.165) is 34.7 Å². The quantitative estimate of drug-likeness (QED) is 0.717. The summed E-state index contributed by atoms with van der Waals surface area (Å²) in [5.74, 6) is 1.17. The minimum atomic E-state index is -0.0582. The molecule has 7 heteroatoms. The smallest absolute Gasteiger partial charge is 0.321 e. The van der Waals surface area contributed by atoms with Crippen LogP contribution in [0, 0.1) is 13.8 Å². The van der Waals surface area contributed by atoms with Crippen LogP contribution in [0.5, 0.6) is 0 Å². The Kier molecular flexibility index (Phi) is 5.49. The number of hydrogen-bond acceptors (Lipinski definition) is 4. The Hall–Kier alpha value is -2.93. The predicted molar refractivity (Wildman–Crippen MR) is 113 cm³/mol. The number of nitrogens with zero attached hydrogens (tertiary/aromatic N) is 4. The first-order chi connectivity index (χ1) is 14.1. The fourth-order valence-corrected chi connectivity index (χ4v) is 3.99. The number of carbonyl (C=O) groups excluding carboxylic acids is 1. The number of fused-ring (bicyclic) bond motifs is 1. The zero-order valence-corrected chi connectivity index (χ0v) is 17.2. The monoisotopic (exact) mass is 393 g/mol. The van der Waals surface area contributed by atoms with Gasteiger partial charge in [-0.1, -0.05) is 17.7 Å². The molecule has 1 aliphatic rings. The highest BCUT2D eigenvalue weighted by atomic mass is 16.5. The van der Waals surface area contributed by atoms with E-state index in [9.17, 15) is 4.79 Å². The molecule has 7 nitrogen and oxygen atoms in total. The lowest BCUT2D eigenvalue weighted by molar-refractivity contribution is 0.186. The van der Waals surface area contributed by atoms with Crippen LogP contribution in [0.2, 0.25) is 0 Å². The van der Waals surface area contributed by atoms with Crippen LogP contribution >= 0.6 is 0 Å². The average molecular weight is 393 g/mol. The highest BCUT2D eigenvalue weighted by Gasteiger charge is 2.31. The molecule has 1 saturated heterocycles. The van der Waals surface area contributed by atoms with Crippen molar-refractivity contribution < 1.29 is 9.53 Å². The second kappa shape index (κ2) is 8.21. The molecule has 1 N–H and O–H groups in total. The van der Waals surface area contributed by atoms with Crippen molar-refractivity contribution in [3.8, 4) is 0 Å². The summed E-state index contributed by atoms with van der Waals surface area (Å²) in [6.07, 6.45) is 2.67. The van der Waals surface area contributed by atoms with Gasteiger partial charge in [-0.3, -0.25) is 0 Å². The van der Waals surface area contributed by atoms with Crippen LogP contribution in [0.3, 0.4) is 0 Å². The Morgan fingerprint density at radius 2 is 2.17 bits per heavy atom. The number of pyridine rings is 1. The Morgan fingerprint density at radius 3 is 2.97 bits per heavy atom. The minimum Gasteiger partial charge on any atom is -0.383 e. The summed E-state index contributed by atoms with van der Waals surface area (Å²) in [5.41, 5.74) is 4.88. The first-order valence-corrected chi connectivity index (χ1v) is 10.00. The van der Waals surface area contributed by atoms with Gasteiger partial charge in [-0.05, 0) is 44.0 Å². The molecule has 3 aromatic rings. The first-order valence-electron chi connectivity index (χ1n) is 10.00. The molecule has 0 spiro atoms. The van der Waals surface area contributed by atoms with Crippen molar-refractivity contribution >= 4 is 22.9 Å². The maximum atomic E-state index is 12.8. The average Bonchev–Trinajstić information content (AvgIpc) is 3.33. The maximum Gasteiger partial charge on any atom is 0.321 e. The first kappa shape index (κ1) is 19.4. The molecule has 0 radical (unpaired) electrons. The molecule has 0 bridgehead atoms. The van der Waals surface area contributed by atoms with Crippen LogP contribution in [-0.4, -0.2) is 52.3 Å². The summed E-state index contributed by atoms with van der Waals surface area (Å²) in [6, 6.07) is 9.88. The van der Waals surface area contributed by atoms with Crippen molar-refractivity contribution in [3.63, 3.8) is 0 Å². The Labute approximate surface area is 170 Å². The number of aromatic nitrogens is 3. The molecule has 152 valence electrons. The van der Waals surface area contributed by atoms with Crippen molar-refractivity contribution in [2.45, 2.75) is 32.7 Å². The van der Waals surface area contributed by atoms with E-state index < -0.39 is 0 Å². The third-order valence-electron chi connectivity index (χ3n) is 5.52. The van der Waals surface area contributed by atoms with Gasteiger partial charge < -0.3 is 19.5 Å². The molecule has 1 unspecified atom stereocenters. The Balaban J connectivity index is 1.51. The molecular formula is C22H27N5O2. The third kappa shape index (κ3) is 3.96. The van der Waals surface area contributed by atoms with Crippen molar-refractivity contribution in [1.82, 2.24) is 19.4 Å². The molecule has 1 fully saturated rings. The summed E-state index contributed by atoms with van der Waals surface area (Å²) < 4.78 is 7.41. The maximum absolute atomic E-state index is 12.8. The molecular weight excluding hydrogens is 366 g/mol. The molecule has 0 saturated carbocycles. The van der Waals surface area contributed by atoms with Gasteiger partial charge in [0, 0.05) is 44.5 Å². The van der Waals surface area contributed by atoms with Gasteiger partial charge in [0.25, 0.3) is 0 Å². The molecule has 0 aliphatic carbocycles. The van der Waals surface area contributed by atoms with Gasteiger partial charge in [-0.25, -0.2) is 14.8 Å². The lowest BCUT2D eigenvalue weighted by Gasteiger charge is -2.19. The number of carbonyl (C=O) groups is 1. The molecule has 3 heterocycles. The number of anilines is 1. The van der Waals surface area contributed by atoms with Crippen LogP contribution in [0.25, 0.3) is 11.2 Å². The predicted octanol–water partition coefficient (Wildman–Crippen LogP) is 3.72. The van der Waals surface area contributed by atoms with E-state index in [4.69, 9.17) is 9.72 Å². The van der Waals surface area contributed by atoms with Gasteiger partial charge in [-0.15, -0.1) is 0 Å². The summed E-state index contributed by atoms with van der Waals surface area (Å²) in [6.45, 7) is 6.72. The fraction of sp³-hybridized carbons (Fsp3) is 0.409. The van der Waals surface area contributed by atoms with Gasteiger partial charge in [0.1, 0.15) is 11.3 Å². The molecule has 2 aromatic heterocycles. The fourth-order valence-electron chi connectivity index (χ4n) is 3.99. The number of methoxy groups -OCH3 is 1. The Morgan fingerprint density at radius 1 is 1.31 bits per heavy atom. The standard InChI is InChI=1S/C22H27N5O2/c1-15-6-7-18(16(2)13-15)25-22(28)26-10-8-17(14-26)20-24-19-5-4-9-23-21(19)27(20)11-12-29-3/h4-7,9,13,17H,8,10-12,14H2,1-3H3,(H,25,28). The zero-order chi connectivity index (χ0) is 20.4. The summed E-state index contributed by atoms with van der Waals surface area (Å²) >= 11 is 0. The van der Waals surface area contributed by atoms with Crippen LogP contribution in [0.1, 0.15) is 29.3 Å². The number of nitrogens with one attached hydrogen (secondary N) is 1. The van der Waals surface area contributed by atoms with Crippen LogP contribution in [-0.2, 0) is 11.3 Å². The second-order valence-electron chi connectivity index (χ2n) is 7.64. The van der Waals surface area contributed by atoms with Gasteiger partial charge in [0.2, 0.25) is 0 Å². The van der Waals surface area contributed by atoms with Gasteiger partial charge in [-0.2, -0.15) is 0 Å². The van der Waals surface area contributed by atoms with E-state index in [1.807, 2.05) is 43.0 Å². The van der Waals surface area contributed by atoms with Crippen molar-refractivity contribution in [2.75, 3.05) is 32.1 Å². The summed E-state index contributed by atoms with van der Waals surface area (Å²) in [5, 5.41) is 3.05. The molecule has 1 aromatic carbocycles. The molecule has 1 aliphatic heterocycles. The third-order valence-corrected chi connectivity index (χ3v) is 5.52. The number of aryl methyl sites for hydroxylation is 2. The zero-order valence-electron chi connectivity index (χ0n) is 17.2. The lowest BCUT2D eigenvalue weighted by atomic mass is 10.1. The summed E-state index contributed by atoms with van der Waals surface area (Å²) in [4.78, 5) is 24.0. The van der Waals surface area contributed by atoms with E-state index >= 15 is 0 Å². The molecule has 29 heavy (non-hydrogen) atoms. The number of hydrogen-bond donors (Lipinski definition) is 1. The normalized spacial score (nSPS) is 16.5. The van der Waals surface area contributed by atoms with E-state index in [0.29, 0.717) is 26.2 Å². The van der Waals surface area contributed by atoms with Crippen molar-refractivity contribution in [1.29, 1.82) is 0 Å². The van der Waals surface area contributed by atoms with Crippen molar-refractivity contribution in [2.24, 2.45) is 0 Å². The number of benzene rings is 1. The number of likely N-dealkylation sites (tertiary alicyclic amines) is 1. The lowest BCUT2D eigenvalue weighted by Crippen LogP contribution is -2.33. The molecule has 1 atom stereocenters. The van der Waals surface area contributed by atoms with E-state index in [-0.39, 0.29) is 11.9 Å². The number of ether oxygens (including phenoxy) is 1. The largest absolute Gasteiger partial charge is 0.383 e. The van der Waals surface area contributed by atoms with Gasteiger partial charge in [0.05, 0.1) is 6.61 Å². The summed E-state index contributed by atoms with van der Waals surface area (Å²) in [7, 11) is 1.70.